The van der Waals surface area contributed by atoms with Gasteiger partial charge in [0.1, 0.15) is 11.4 Å². The topological polar surface area (TPSA) is 50.9 Å². The van der Waals surface area contributed by atoms with Crippen LogP contribution in [0.15, 0.2) is 91.1 Å². The smallest absolute Gasteiger partial charge is 0.163 e. The number of hydrogen-bond donors (Lipinski definition) is 1. The Labute approximate surface area is 272 Å². The standard InChI is InChI=1S/C42H43N3O/c1-25(2)29-17-12-18-30(26(3)4)40(29)45-24-36(32-19-10-14-27-13-8-9-16-31(27)32)44-41(45)35-23-34(42(5,6)7)33-22-21-28-15-11-20-37(46)38(28)39(33)43-35/h8-20,23-26,46H,21-22H2,1-7H3. The van der Waals surface area contributed by atoms with Gasteiger partial charge in [-0.15, -0.1) is 0 Å². The summed E-state index contributed by atoms with van der Waals surface area (Å²) < 4.78 is 2.30. The van der Waals surface area contributed by atoms with E-state index in [2.05, 4.69) is 132 Å². The molecule has 1 aliphatic carbocycles. The SMILES string of the molecule is CC(C)c1cccc(C(C)C)c1-n1cc(-c2cccc3ccccc23)nc1-c1cc(C(C)(C)C)c2c(n1)-c1c(O)cccc1CC2. The highest BCUT2D eigenvalue weighted by Gasteiger charge is 2.30. The van der Waals surface area contributed by atoms with E-state index in [0.717, 1.165) is 52.4 Å². The summed E-state index contributed by atoms with van der Waals surface area (Å²) in [5.74, 6) is 1.73. The molecule has 7 rings (SSSR count). The number of imidazole rings is 1. The zero-order valence-corrected chi connectivity index (χ0v) is 28.0. The van der Waals surface area contributed by atoms with Crippen molar-refractivity contribution in [3.63, 3.8) is 0 Å². The van der Waals surface area contributed by atoms with Gasteiger partial charge in [-0.1, -0.05) is 121 Å². The van der Waals surface area contributed by atoms with E-state index in [1.54, 1.807) is 6.07 Å². The molecule has 0 atom stereocenters. The van der Waals surface area contributed by atoms with Crippen LogP contribution in [0.5, 0.6) is 5.75 Å². The van der Waals surface area contributed by atoms with Crippen molar-refractivity contribution >= 4 is 10.8 Å². The maximum atomic E-state index is 11.2. The predicted octanol–water partition coefficient (Wildman–Crippen LogP) is 10.8. The largest absolute Gasteiger partial charge is 0.507 e. The van der Waals surface area contributed by atoms with Gasteiger partial charge in [-0.05, 0) is 80.8 Å². The third kappa shape index (κ3) is 5.01. The van der Waals surface area contributed by atoms with E-state index in [9.17, 15) is 5.11 Å². The number of para-hydroxylation sites is 1. The van der Waals surface area contributed by atoms with Crippen LogP contribution in [0, 0.1) is 0 Å². The highest BCUT2D eigenvalue weighted by molar-refractivity contribution is 5.96. The Bertz CT molecular complexity index is 2080. The Morgan fingerprint density at radius 2 is 1.41 bits per heavy atom. The molecule has 1 aliphatic rings. The average molecular weight is 606 g/mol. The molecule has 232 valence electrons. The van der Waals surface area contributed by atoms with Gasteiger partial charge >= 0.3 is 0 Å². The van der Waals surface area contributed by atoms with Gasteiger partial charge in [-0.2, -0.15) is 0 Å². The summed E-state index contributed by atoms with van der Waals surface area (Å²) in [4.78, 5) is 10.9. The van der Waals surface area contributed by atoms with Crippen molar-refractivity contribution in [1.29, 1.82) is 0 Å². The molecule has 0 aliphatic heterocycles. The van der Waals surface area contributed by atoms with E-state index in [1.807, 2.05) is 6.07 Å². The second kappa shape index (κ2) is 11.3. The number of aromatic hydroxyl groups is 1. The van der Waals surface area contributed by atoms with Crippen LogP contribution in [0.1, 0.15) is 88.1 Å². The fourth-order valence-electron chi connectivity index (χ4n) is 7.24. The van der Waals surface area contributed by atoms with Gasteiger partial charge in [0.15, 0.2) is 5.82 Å². The fourth-order valence-corrected chi connectivity index (χ4v) is 7.24. The molecule has 0 amide bonds. The van der Waals surface area contributed by atoms with Crippen molar-refractivity contribution in [2.75, 3.05) is 0 Å². The molecule has 4 aromatic carbocycles. The number of phenols is 1. The quantitative estimate of drug-likeness (QED) is 0.213. The van der Waals surface area contributed by atoms with Crippen LogP contribution in [-0.4, -0.2) is 19.6 Å². The Morgan fingerprint density at radius 1 is 0.739 bits per heavy atom. The van der Waals surface area contributed by atoms with Gasteiger partial charge in [-0.25, -0.2) is 9.97 Å². The first-order chi connectivity index (χ1) is 22.0. The molecule has 0 saturated heterocycles. The highest BCUT2D eigenvalue weighted by atomic mass is 16.3. The van der Waals surface area contributed by atoms with Crippen molar-refractivity contribution in [2.45, 2.75) is 78.6 Å². The fraction of sp³-hybridized carbons (Fsp3) is 0.286. The number of phenolic OH excluding ortho intramolecular Hbond substituents is 1. The van der Waals surface area contributed by atoms with Crippen molar-refractivity contribution in [3.05, 3.63) is 119 Å². The Kier molecular flexibility index (Phi) is 7.35. The zero-order valence-electron chi connectivity index (χ0n) is 28.0. The lowest BCUT2D eigenvalue weighted by atomic mass is 9.77. The number of aromatic nitrogens is 3. The molecule has 0 fully saturated rings. The molecule has 4 nitrogen and oxygen atoms in total. The van der Waals surface area contributed by atoms with Gasteiger partial charge in [0, 0.05) is 17.3 Å². The third-order valence-corrected chi connectivity index (χ3v) is 9.53. The molecular weight excluding hydrogens is 562 g/mol. The van der Waals surface area contributed by atoms with E-state index in [4.69, 9.17) is 9.97 Å². The van der Waals surface area contributed by atoms with Crippen molar-refractivity contribution in [3.8, 4) is 45.5 Å². The molecule has 2 aromatic heterocycles. The molecule has 2 heterocycles. The van der Waals surface area contributed by atoms with Gasteiger partial charge in [0.25, 0.3) is 0 Å². The summed E-state index contributed by atoms with van der Waals surface area (Å²) in [5, 5.41) is 13.5. The minimum Gasteiger partial charge on any atom is -0.507 e. The molecule has 6 aromatic rings. The van der Waals surface area contributed by atoms with Gasteiger partial charge in [-0.3, -0.25) is 4.57 Å². The number of benzene rings is 4. The number of nitrogens with zero attached hydrogens (tertiary/aromatic N) is 3. The monoisotopic (exact) mass is 605 g/mol. The molecule has 0 radical (unpaired) electrons. The maximum Gasteiger partial charge on any atom is 0.163 e. The number of rotatable bonds is 5. The van der Waals surface area contributed by atoms with E-state index in [1.165, 1.54) is 38.7 Å². The van der Waals surface area contributed by atoms with Crippen LogP contribution in [0.25, 0.3) is 50.5 Å². The Hall–Kier alpha value is -4.70. The Morgan fingerprint density at radius 3 is 2.13 bits per heavy atom. The summed E-state index contributed by atoms with van der Waals surface area (Å²) in [6, 6.07) is 29.8. The molecule has 0 spiro atoms. The normalized spacial score (nSPS) is 13.0. The minimum absolute atomic E-state index is 0.126. The van der Waals surface area contributed by atoms with Crippen LogP contribution in [-0.2, 0) is 18.3 Å². The van der Waals surface area contributed by atoms with Gasteiger partial charge in [0.05, 0.1) is 17.1 Å². The first-order valence-corrected chi connectivity index (χ1v) is 16.6. The third-order valence-electron chi connectivity index (χ3n) is 9.53. The van der Waals surface area contributed by atoms with E-state index < -0.39 is 0 Å². The number of aryl methyl sites for hydroxylation is 1. The number of pyridine rings is 1. The summed E-state index contributed by atoms with van der Waals surface area (Å²) in [6.07, 6.45) is 4.00. The summed E-state index contributed by atoms with van der Waals surface area (Å²) >= 11 is 0. The molecule has 46 heavy (non-hydrogen) atoms. The first-order valence-electron chi connectivity index (χ1n) is 16.6. The maximum absolute atomic E-state index is 11.2. The number of fused-ring (bicyclic) bond motifs is 4. The zero-order chi connectivity index (χ0) is 32.3. The molecule has 0 unspecified atom stereocenters. The minimum atomic E-state index is -0.126. The van der Waals surface area contributed by atoms with Crippen LogP contribution in [0.3, 0.4) is 0 Å². The summed E-state index contributed by atoms with van der Waals surface area (Å²) in [5.41, 5.74) is 11.8. The van der Waals surface area contributed by atoms with Gasteiger partial charge in [0.2, 0.25) is 0 Å². The summed E-state index contributed by atoms with van der Waals surface area (Å²) in [6.45, 7) is 15.9. The average Bonchev–Trinajstić information content (AvgIpc) is 3.48. The molecule has 0 bridgehead atoms. The Balaban J connectivity index is 1.59. The number of hydrogen-bond acceptors (Lipinski definition) is 3. The predicted molar refractivity (Wildman–Crippen MR) is 191 cm³/mol. The van der Waals surface area contributed by atoms with Gasteiger partial charge < -0.3 is 5.11 Å². The lowest BCUT2D eigenvalue weighted by Gasteiger charge is -2.29. The lowest BCUT2D eigenvalue weighted by Crippen LogP contribution is -2.19. The van der Waals surface area contributed by atoms with E-state index in [0.29, 0.717) is 11.8 Å². The first kappa shape index (κ1) is 30.0. The molecular formula is C42H43N3O. The van der Waals surface area contributed by atoms with Crippen LogP contribution >= 0.6 is 0 Å². The van der Waals surface area contributed by atoms with Crippen molar-refractivity contribution in [2.24, 2.45) is 0 Å². The van der Waals surface area contributed by atoms with Crippen LogP contribution in [0.4, 0.5) is 0 Å². The van der Waals surface area contributed by atoms with E-state index in [-0.39, 0.29) is 11.2 Å². The van der Waals surface area contributed by atoms with Crippen LogP contribution < -0.4 is 0 Å². The lowest BCUT2D eigenvalue weighted by molar-refractivity contribution is 0.475. The highest BCUT2D eigenvalue weighted by Crippen LogP contribution is 2.44. The second-order valence-corrected chi connectivity index (χ2v) is 14.4. The molecule has 4 heteroatoms. The summed E-state index contributed by atoms with van der Waals surface area (Å²) in [7, 11) is 0. The van der Waals surface area contributed by atoms with E-state index >= 15 is 0 Å². The molecule has 0 saturated carbocycles. The van der Waals surface area contributed by atoms with Crippen molar-refractivity contribution < 1.29 is 5.11 Å². The van der Waals surface area contributed by atoms with Crippen molar-refractivity contribution in [1.82, 2.24) is 14.5 Å². The molecule has 1 N–H and O–H groups in total. The second-order valence-electron chi connectivity index (χ2n) is 14.4. The van der Waals surface area contributed by atoms with Crippen LogP contribution in [0.2, 0.25) is 0 Å².